The summed E-state index contributed by atoms with van der Waals surface area (Å²) in [4.78, 5) is 0.111. The van der Waals surface area contributed by atoms with Gasteiger partial charge in [-0.1, -0.05) is 12.1 Å². The molecule has 0 radical (unpaired) electrons. The molecule has 0 aliphatic carbocycles. The van der Waals surface area contributed by atoms with Gasteiger partial charge in [-0.05, 0) is 12.1 Å². The fourth-order valence-corrected chi connectivity index (χ4v) is 2.18. The third-order valence-corrected chi connectivity index (χ3v) is 3.13. The van der Waals surface area contributed by atoms with Crippen LogP contribution >= 0.6 is 14.8 Å². The summed E-state index contributed by atoms with van der Waals surface area (Å²) in [6.07, 6.45) is 0. The van der Waals surface area contributed by atoms with Gasteiger partial charge in [-0.15, -0.1) is 0 Å². The predicted molar refractivity (Wildman–Crippen MR) is 47.0 cm³/mol. The van der Waals surface area contributed by atoms with Crippen molar-refractivity contribution in [2.24, 2.45) is 0 Å². The van der Waals surface area contributed by atoms with Crippen LogP contribution in [0.1, 0.15) is 0 Å². The molecule has 1 aromatic rings. The molecule has 0 amide bonds. The summed E-state index contributed by atoms with van der Waals surface area (Å²) in [5.74, 6) is 0. The fraction of sp³-hybridized carbons (Fsp3) is 0. The van der Waals surface area contributed by atoms with E-state index in [0.717, 1.165) is 0 Å². The maximum atomic E-state index is 10.9. The van der Waals surface area contributed by atoms with Gasteiger partial charge in [0.25, 0.3) is 0 Å². The maximum absolute atomic E-state index is 10.9. The van der Waals surface area contributed by atoms with Gasteiger partial charge in [0, 0.05) is 0 Å². The highest BCUT2D eigenvalue weighted by Crippen LogP contribution is 2.22. The monoisotopic (exact) mass is 235 g/mol. The zero-order chi connectivity index (χ0) is 8.48. The first-order valence-electron chi connectivity index (χ1n) is 2.81. The zero-order valence-electron chi connectivity index (χ0n) is 5.49. The Morgan fingerprint density at radius 3 is 2.18 bits per heavy atom. The van der Waals surface area contributed by atoms with Gasteiger partial charge in [0.05, 0.1) is 20.5 Å². The van der Waals surface area contributed by atoms with Crippen molar-refractivity contribution in [2.75, 3.05) is 5.73 Å². The fourth-order valence-electron chi connectivity index (χ4n) is 0.703. The molecule has 0 bridgehead atoms. The number of anilines is 1. The molecule has 0 aliphatic rings. The Bertz CT molecular complexity index is 361. The van der Waals surface area contributed by atoms with E-state index in [1.807, 2.05) is 0 Å². The van der Waals surface area contributed by atoms with Gasteiger partial charge in [-0.3, -0.25) is 0 Å². The minimum Gasteiger partial charge on any atom is -0.398 e. The average molecular weight is 236 g/mol. The number of hydrogen-bond acceptors (Lipinski definition) is 3. The van der Waals surface area contributed by atoms with Crippen LogP contribution in [0.25, 0.3) is 0 Å². The van der Waals surface area contributed by atoms with Crippen LogP contribution in [0.3, 0.4) is 0 Å². The molecule has 60 valence electrons. The number of nitrogen functional groups attached to an aromatic ring is 1. The molecular formula is C6H6BrNO2S. The lowest BCUT2D eigenvalue weighted by molar-refractivity contribution is 0.612. The highest BCUT2D eigenvalue weighted by molar-refractivity contribution is 9.47. The standard InChI is InChI=1S/C6H6BrNO2S/c7-11(9,10)6-4-2-1-3-5(6)8/h1-4H,8H2. The van der Waals surface area contributed by atoms with Gasteiger partial charge in [0.15, 0.2) is 0 Å². The molecule has 3 nitrogen and oxygen atoms in total. The van der Waals surface area contributed by atoms with Crippen molar-refractivity contribution in [3.8, 4) is 0 Å². The molecule has 11 heavy (non-hydrogen) atoms. The predicted octanol–water partition coefficient (Wildman–Crippen LogP) is 1.35. The van der Waals surface area contributed by atoms with Gasteiger partial charge < -0.3 is 5.73 Å². The van der Waals surface area contributed by atoms with Crippen molar-refractivity contribution in [3.63, 3.8) is 0 Å². The Morgan fingerprint density at radius 1 is 1.27 bits per heavy atom. The topological polar surface area (TPSA) is 60.2 Å². The maximum Gasteiger partial charge on any atom is 0.239 e. The summed E-state index contributed by atoms with van der Waals surface area (Å²) in [7, 11) is -3.35. The van der Waals surface area contributed by atoms with Crippen LogP contribution in [-0.2, 0) is 8.27 Å². The lowest BCUT2D eigenvalue weighted by Crippen LogP contribution is -1.96. The molecule has 0 aromatic heterocycles. The quantitative estimate of drug-likeness (QED) is 0.591. The van der Waals surface area contributed by atoms with E-state index in [1.165, 1.54) is 12.1 Å². The summed E-state index contributed by atoms with van der Waals surface area (Å²) in [6.45, 7) is 0. The molecule has 0 heterocycles. The van der Waals surface area contributed by atoms with Gasteiger partial charge in [0.2, 0.25) is 8.27 Å². The van der Waals surface area contributed by atoms with Crippen molar-refractivity contribution in [2.45, 2.75) is 4.90 Å². The van der Waals surface area contributed by atoms with Crippen molar-refractivity contribution in [1.82, 2.24) is 0 Å². The Kier molecular flexibility index (Phi) is 2.20. The molecule has 0 fully saturated rings. The Balaban J connectivity index is 3.37. The van der Waals surface area contributed by atoms with Crippen LogP contribution in [0.5, 0.6) is 0 Å². The molecule has 1 rings (SSSR count). The second kappa shape index (κ2) is 2.83. The minimum atomic E-state index is -3.35. The van der Waals surface area contributed by atoms with Crippen molar-refractivity contribution < 1.29 is 8.42 Å². The van der Waals surface area contributed by atoms with Crippen LogP contribution < -0.4 is 5.73 Å². The normalized spacial score (nSPS) is 11.4. The Labute approximate surface area is 72.3 Å². The first-order chi connectivity index (χ1) is 5.02. The molecule has 0 aliphatic heterocycles. The molecule has 0 saturated carbocycles. The van der Waals surface area contributed by atoms with Crippen LogP contribution in [0.2, 0.25) is 0 Å². The molecule has 5 heteroatoms. The number of para-hydroxylation sites is 1. The zero-order valence-corrected chi connectivity index (χ0v) is 7.89. The molecule has 0 unspecified atom stereocenters. The average Bonchev–Trinajstić information content (AvgIpc) is 1.86. The van der Waals surface area contributed by atoms with Crippen molar-refractivity contribution in [3.05, 3.63) is 24.3 Å². The smallest absolute Gasteiger partial charge is 0.239 e. The van der Waals surface area contributed by atoms with Crippen LogP contribution in [-0.4, -0.2) is 8.42 Å². The second-order valence-electron chi connectivity index (χ2n) is 1.98. The minimum absolute atomic E-state index is 0.111. The van der Waals surface area contributed by atoms with Crippen molar-refractivity contribution in [1.29, 1.82) is 0 Å². The molecule has 2 N–H and O–H groups in total. The van der Waals surface area contributed by atoms with Gasteiger partial charge >= 0.3 is 0 Å². The Hall–Kier alpha value is -0.550. The van der Waals surface area contributed by atoms with Crippen molar-refractivity contribution >= 4 is 28.8 Å². The van der Waals surface area contributed by atoms with E-state index in [4.69, 9.17) is 5.73 Å². The van der Waals surface area contributed by atoms with Crippen LogP contribution in [0.15, 0.2) is 29.2 Å². The van der Waals surface area contributed by atoms with E-state index in [1.54, 1.807) is 12.1 Å². The first kappa shape index (κ1) is 8.55. The third-order valence-electron chi connectivity index (χ3n) is 1.18. The highest BCUT2D eigenvalue weighted by atomic mass is 79.9. The molecule has 0 atom stereocenters. The lowest BCUT2D eigenvalue weighted by atomic mass is 10.3. The Morgan fingerprint density at radius 2 is 1.82 bits per heavy atom. The van der Waals surface area contributed by atoms with E-state index in [2.05, 4.69) is 14.8 Å². The van der Waals surface area contributed by atoms with E-state index < -0.39 is 8.27 Å². The summed E-state index contributed by atoms with van der Waals surface area (Å²) >= 11 is 2.53. The van der Waals surface area contributed by atoms with E-state index in [-0.39, 0.29) is 10.6 Å². The largest absolute Gasteiger partial charge is 0.398 e. The van der Waals surface area contributed by atoms with E-state index in [0.29, 0.717) is 0 Å². The molecule has 0 spiro atoms. The van der Waals surface area contributed by atoms with E-state index >= 15 is 0 Å². The van der Waals surface area contributed by atoms with Crippen LogP contribution in [0.4, 0.5) is 5.69 Å². The number of hydrogen-bond donors (Lipinski definition) is 1. The molecule has 1 aromatic carbocycles. The summed E-state index contributed by atoms with van der Waals surface area (Å²) in [5, 5.41) is 0. The van der Waals surface area contributed by atoms with Crippen LogP contribution in [0, 0.1) is 0 Å². The summed E-state index contributed by atoms with van der Waals surface area (Å²) in [6, 6.07) is 6.27. The number of benzene rings is 1. The SMILES string of the molecule is Nc1ccccc1S(=O)(=O)Br. The highest BCUT2D eigenvalue weighted by Gasteiger charge is 2.11. The summed E-state index contributed by atoms with van der Waals surface area (Å²) in [5.41, 5.74) is 5.65. The van der Waals surface area contributed by atoms with Gasteiger partial charge in [-0.2, -0.15) is 0 Å². The number of nitrogens with two attached hydrogens (primary N) is 1. The van der Waals surface area contributed by atoms with Gasteiger partial charge in [-0.25, -0.2) is 8.42 Å². The lowest BCUT2D eigenvalue weighted by Gasteiger charge is -1.98. The van der Waals surface area contributed by atoms with Gasteiger partial charge in [0.1, 0.15) is 4.90 Å². The molecular weight excluding hydrogens is 230 g/mol. The first-order valence-corrected chi connectivity index (χ1v) is 6.13. The third kappa shape index (κ3) is 1.94. The number of halogens is 1. The van der Waals surface area contributed by atoms with E-state index in [9.17, 15) is 8.42 Å². The summed E-state index contributed by atoms with van der Waals surface area (Å²) < 4.78 is 21.8. The second-order valence-corrected chi connectivity index (χ2v) is 5.85. The molecule has 0 saturated heterocycles. The number of rotatable bonds is 1.